The van der Waals surface area contributed by atoms with Gasteiger partial charge in [0.1, 0.15) is 0 Å². The molecule has 1 aromatic rings. The fourth-order valence-corrected chi connectivity index (χ4v) is 1.60. The summed E-state index contributed by atoms with van der Waals surface area (Å²) in [5, 5.41) is 8.70. The van der Waals surface area contributed by atoms with Crippen LogP contribution in [0.1, 0.15) is 30.4 Å². The van der Waals surface area contributed by atoms with Crippen LogP contribution in [0.2, 0.25) is 0 Å². The van der Waals surface area contributed by atoms with Crippen molar-refractivity contribution in [1.29, 1.82) is 0 Å². The number of ether oxygens (including phenoxy) is 1. The summed E-state index contributed by atoms with van der Waals surface area (Å²) in [7, 11) is 0. The zero-order chi connectivity index (χ0) is 11.9. The van der Waals surface area contributed by atoms with Gasteiger partial charge in [0.25, 0.3) is 0 Å². The van der Waals surface area contributed by atoms with Crippen LogP contribution in [0.15, 0.2) is 24.3 Å². The van der Waals surface area contributed by atoms with Crippen LogP contribution in [-0.4, -0.2) is 18.3 Å². The molecule has 0 spiro atoms. The van der Waals surface area contributed by atoms with Crippen molar-refractivity contribution >= 4 is 0 Å². The Morgan fingerprint density at radius 1 is 1.29 bits per heavy atom. The van der Waals surface area contributed by atoms with E-state index in [0.717, 1.165) is 23.7 Å². The highest BCUT2D eigenvalue weighted by Crippen LogP contribution is 2.29. The average molecular weight is 230 g/mol. The quantitative estimate of drug-likeness (QED) is 0.787. The lowest BCUT2D eigenvalue weighted by Crippen LogP contribution is -1.98. The van der Waals surface area contributed by atoms with E-state index in [1.54, 1.807) is 0 Å². The van der Waals surface area contributed by atoms with Crippen LogP contribution in [-0.2, 0) is 11.3 Å². The van der Waals surface area contributed by atoms with E-state index in [2.05, 4.69) is 17.9 Å². The van der Waals surface area contributed by atoms with E-state index < -0.39 is 0 Å². The summed E-state index contributed by atoms with van der Waals surface area (Å²) >= 11 is 0. The van der Waals surface area contributed by atoms with Gasteiger partial charge >= 0.3 is 0 Å². The van der Waals surface area contributed by atoms with Gasteiger partial charge < -0.3 is 9.84 Å². The Balaban J connectivity index is 1.92. The zero-order valence-electron chi connectivity index (χ0n) is 9.98. The molecule has 17 heavy (non-hydrogen) atoms. The topological polar surface area (TPSA) is 29.5 Å². The second kappa shape index (κ2) is 6.44. The summed E-state index contributed by atoms with van der Waals surface area (Å²) in [6.07, 6.45) is 3.16. The summed E-state index contributed by atoms with van der Waals surface area (Å²) in [6, 6.07) is 8.04. The first-order valence-corrected chi connectivity index (χ1v) is 6.15. The molecule has 0 atom stereocenters. The SMILES string of the molecule is OCCC#Cc1ccccc1COCC1CC1. The molecule has 1 saturated carbocycles. The molecule has 1 aliphatic carbocycles. The molecule has 2 rings (SSSR count). The maximum atomic E-state index is 8.70. The molecule has 0 aliphatic heterocycles. The van der Waals surface area contributed by atoms with E-state index in [-0.39, 0.29) is 6.61 Å². The van der Waals surface area contributed by atoms with Crippen LogP contribution >= 0.6 is 0 Å². The van der Waals surface area contributed by atoms with Crippen molar-refractivity contribution in [2.45, 2.75) is 25.9 Å². The van der Waals surface area contributed by atoms with Crippen molar-refractivity contribution in [1.82, 2.24) is 0 Å². The normalized spacial score (nSPS) is 14.2. The largest absolute Gasteiger partial charge is 0.395 e. The fourth-order valence-electron chi connectivity index (χ4n) is 1.60. The van der Waals surface area contributed by atoms with Gasteiger partial charge in [-0.15, -0.1) is 0 Å². The Morgan fingerprint density at radius 3 is 2.88 bits per heavy atom. The third kappa shape index (κ3) is 4.22. The molecule has 0 saturated heterocycles. The minimum Gasteiger partial charge on any atom is -0.395 e. The Labute approximate surface area is 103 Å². The Bertz CT molecular complexity index is 410. The second-order valence-corrected chi connectivity index (χ2v) is 4.39. The fraction of sp³-hybridized carbons (Fsp3) is 0.467. The number of hydrogen-bond donors (Lipinski definition) is 1. The molecule has 1 N–H and O–H groups in total. The number of rotatable bonds is 5. The monoisotopic (exact) mass is 230 g/mol. The molecule has 0 bridgehead atoms. The Hall–Kier alpha value is -1.30. The van der Waals surface area contributed by atoms with Crippen molar-refractivity contribution in [3.63, 3.8) is 0 Å². The molecular weight excluding hydrogens is 212 g/mol. The summed E-state index contributed by atoms with van der Waals surface area (Å²) in [6.45, 7) is 1.63. The molecule has 0 unspecified atom stereocenters. The third-order valence-electron chi connectivity index (χ3n) is 2.79. The van der Waals surface area contributed by atoms with Crippen LogP contribution in [0.25, 0.3) is 0 Å². The smallest absolute Gasteiger partial charge is 0.0729 e. The molecule has 0 radical (unpaired) electrons. The van der Waals surface area contributed by atoms with Gasteiger partial charge in [-0.1, -0.05) is 30.0 Å². The standard InChI is InChI=1S/C15H18O2/c16-10-4-3-6-14-5-1-2-7-15(14)12-17-11-13-8-9-13/h1-2,5,7,13,16H,4,8-12H2. The van der Waals surface area contributed by atoms with E-state index in [0.29, 0.717) is 13.0 Å². The number of hydrogen-bond acceptors (Lipinski definition) is 2. The molecular formula is C15H18O2. The van der Waals surface area contributed by atoms with Gasteiger partial charge in [-0.25, -0.2) is 0 Å². The first-order valence-electron chi connectivity index (χ1n) is 6.15. The highest BCUT2D eigenvalue weighted by molar-refractivity contribution is 5.40. The van der Waals surface area contributed by atoms with Crippen LogP contribution in [0.4, 0.5) is 0 Å². The Kier molecular flexibility index (Phi) is 4.61. The van der Waals surface area contributed by atoms with Gasteiger partial charge in [-0.2, -0.15) is 0 Å². The van der Waals surface area contributed by atoms with Crippen LogP contribution in [0, 0.1) is 17.8 Å². The lowest BCUT2D eigenvalue weighted by molar-refractivity contribution is 0.111. The molecule has 0 heterocycles. The van der Waals surface area contributed by atoms with Gasteiger partial charge in [0.15, 0.2) is 0 Å². The zero-order valence-corrected chi connectivity index (χ0v) is 9.98. The molecule has 0 aromatic heterocycles. The molecule has 1 fully saturated rings. The van der Waals surface area contributed by atoms with Crippen molar-refractivity contribution in [3.05, 3.63) is 35.4 Å². The predicted molar refractivity (Wildman–Crippen MR) is 67.4 cm³/mol. The van der Waals surface area contributed by atoms with Crippen molar-refractivity contribution < 1.29 is 9.84 Å². The van der Waals surface area contributed by atoms with Crippen LogP contribution in [0.3, 0.4) is 0 Å². The summed E-state index contributed by atoms with van der Waals surface area (Å²) in [5.41, 5.74) is 2.15. The summed E-state index contributed by atoms with van der Waals surface area (Å²) in [5.74, 6) is 6.82. The number of benzene rings is 1. The highest BCUT2D eigenvalue weighted by atomic mass is 16.5. The van der Waals surface area contributed by atoms with Crippen molar-refractivity contribution in [2.24, 2.45) is 5.92 Å². The minimum absolute atomic E-state index is 0.118. The van der Waals surface area contributed by atoms with Crippen LogP contribution in [0.5, 0.6) is 0 Å². The molecule has 1 aliphatic rings. The van der Waals surface area contributed by atoms with Gasteiger partial charge in [0, 0.05) is 18.6 Å². The van der Waals surface area contributed by atoms with E-state index in [4.69, 9.17) is 9.84 Å². The van der Waals surface area contributed by atoms with Gasteiger partial charge in [0.05, 0.1) is 13.2 Å². The molecule has 0 amide bonds. The van der Waals surface area contributed by atoms with Gasteiger partial charge in [-0.05, 0) is 30.4 Å². The Morgan fingerprint density at radius 2 is 2.12 bits per heavy atom. The first-order chi connectivity index (χ1) is 8.40. The van der Waals surface area contributed by atoms with E-state index in [9.17, 15) is 0 Å². The number of aliphatic hydroxyl groups is 1. The molecule has 2 nitrogen and oxygen atoms in total. The van der Waals surface area contributed by atoms with Crippen molar-refractivity contribution in [3.8, 4) is 11.8 Å². The average Bonchev–Trinajstić information content (AvgIpc) is 3.15. The maximum Gasteiger partial charge on any atom is 0.0729 e. The molecule has 2 heteroatoms. The third-order valence-corrected chi connectivity index (χ3v) is 2.79. The molecule has 90 valence electrons. The molecule has 1 aromatic carbocycles. The van der Waals surface area contributed by atoms with E-state index in [1.807, 2.05) is 18.2 Å². The minimum atomic E-state index is 0.118. The maximum absolute atomic E-state index is 8.70. The second-order valence-electron chi connectivity index (χ2n) is 4.39. The highest BCUT2D eigenvalue weighted by Gasteiger charge is 2.21. The van der Waals surface area contributed by atoms with Gasteiger partial charge in [-0.3, -0.25) is 0 Å². The van der Waals surface area contributed by atoms with Gasteiger partial charge in [0.2, 0.25) is 0 Å². The summed E-state index contributed by atoms with van der Waals surface area (Å²) in [4.78, 5) is 0. The first kappa shape index (κ1) is 12.2. The van der Waals surface area contributed by atoms with Crippen molar-refractivity contribution in [2.75, 3.05) is 13.2 Å². The van der Waals surface area contributed by atoms with E-state index in [1.165, 1.54) is 12.8 Å². The summed E-state index contributed by atoms with van der Waals surface area (Å²) < 4.78 is 5.67. The lowest BCUT2D eigenvalue weighted by atomic mass is 10.1. The lowest BCUT2D eigenvalue weighted by Gasteiger charge is -2.05. The predicted octanol–water partition coefficient (Wildman–Crippen LogP) is 2.35. The van der Waals surface area contributed by atoms with E-state index >= 15 is 0 Å². The van der Waals surface area contributed by atoms with Crippen LogP contribution < -0.4 is 0 Å². The number of aliphatic hydroxyl groups excluding tert-OH is 1.